The van der Waals surface area contributed by atoms with Gasteiger partial charge in [-0.2, -0.15) is 4.72 Å². The lowest BCUT2D eigenvalue weighted by Gasteiger charge is -2.24. The molecule has 1 fully saturated rings. The number of rotatable bonds is 5. The quantitative estimate of drug-likeness (QED) is 0.462. The Morgan fingerprint density at radius 3 is 2.26 bits per heavy atom. The molecule has 1 aromatic rings. The monoisotopic (exact) mass is 398 g/mol. The van der Waals surface area contributed by atoms with Gasteiger partial charge in [-0.15, -0.1) is 0 Å². The van der Waals surface area contributed by atoms with Crippen molar-refractivity contribution in [3.63, 3.8) is 0 Å². The highest BCUT2D eigenvalue weighted by molar-refractivity contribution is 7.89. The fourth-order valence-electron chi connectivity index (χ4n) is 2.14. The fourth-order valence-corrected chi connectivity index (χ4v) is 3.77. The van der Waals surface area contributed by atoms with Gasteiger partial charge >= 0.3 is 0 Å². The molecule has 0 aliphatic heterocycles. The van der Waals surface area contributed by atoms with E-state index in [9.17, 15) is 8.42 Å². The molecule has 2 rings (SSSR count). The van der Waals surface area contributed by atoms with Crippen LogP contribution in [0.2, 0.25) is 0 Å². The Morgan fingerprint density at radius 2 is 1.70 bits per heavy atom. The predicted molar refractivity (Wildman–Crippen MR) is 92.4 cm³/mol. The van der Waals surface area contributed by atoms with Crippen LogP contribution in [0.15, 0.2) is 40.4 Å². The molecule has 1 aliphatic rings. The van der Waals surface area contributed by atoms with Crippen LogP contribution in [0.4, 0.5) is 0 Å². The molecule has 0 spiro atoms. The number of nitrogens with one attached hydrogen (secondary N) is 1. The van der Waals surface area contributed by atoms with Gasteiger partial charge in [-0.05, 0) is 37.8 Å². The Hall–Kier alpha value is -0.530. The number of sulfonamides is 1. The number of hydrogen-bond donors (Lipinski definition) is 1. The van der Waals surface area contributed by atoms with E-state index >= 15 is 0 Å². The van der Waals surface area contributed by atoms with Gasteiger partial charge in [-0.25, -0.2) is 8.42 Å². The van der Waals surface area contributed by atoms with Crippen LogP contribution in [0, 0.1) is 0 Å². The normalized spacial score (nSPS) is 17.6. The Morgan fingerprint density at radius 1 is 1.09 bits per heavy atom. The van der Waals surface area contributed by atoms with E-state index < -0.39 is 20.0 Å². The third-order valence-electron chi connectivity index (χ3n) is 3.33. The topological polar surface area (TPSA) is 67.8 Å². The van der Waals surface area contributed by atoms with Gasteiger partial charge in [-0.1, -0.05) is 64.6 Å². The van der Waals surface area contributed by atoms with Gasteiger partial charge in [-0.3, -0.25) is 0 Å². The van der Waals surface area contributed by atoms with Gasteiger partial charge in [0.15, 0.2) is 0 Å². The number of nitrogens with zero attached hydrogens (tertiary/aromatic N) is 1. The van der Waals surface area contributed by atoms with Gasteiger partial charge in [0.05, 0.1) is 10.6 Å². The number of alkyl halides is 3. The van der Waals surface area contributed by atoms with Crippen molar-refractivity contribution >= 4 is 50.5 Å². The molecule has 1 aliphatic carbocycles. The Balaban J connectivity index is 2.13. The highest BCUT2D eigenvalue weighted by Crippen LogP contribution is 2.32. The van der Waals surface area contributed by atoms with Crippen LogP contribution < -0.4 is 4.72 Å². The van der Waals surface area contributed by atoms with E-state index in [0.717, 1.165) is 37.8 Å². The van der Waals surface area contributed by atoms with Crippen LogP contribution in [-0.2, 0) is 14.9 Å². The van der Waals surface area contributed by atoms with E-state index in [1.165, 1.54) is 12.1 Å². The molecule has 0 radical (unpaired) electrons. The summed E-state index contributed by atoms with van der Waals surface area (Å²) in [4.78, 5) is 5.25. The maximum atomic E-state index is 12.3. The summed E-state index contributed by atoms with van der Waals surface area (Å²) in [5.74, 6) is 0. The smallest absolute Gasteiger partial charge is 0.244 e. The number of oxime groups is 1. The average molecular weight is 400 g/mol. The summed E-state index contributed by atoms with van der Waals surface area (Å²) in [5, 5.41) is 3.96. The molecule has 0 saturated heterocycles. The third-order valence-corrected chi connectivity index (χ3v) is 5.34. The maximum absolute atomic E-state index is 12.3. The van der Waals surface area contributed by atoms with E-state index in [2.05, 4.69) is 9.88 Å². The zero-order valence-corrected chi connectivity index (χ0v) is 15.3. The summed E-state index contributed by atoms with van der Waals surface area (Å²) < 4.78 is 24.9. The van der Waals surface area contributed by atoms with Gasteiger partial charge in [0.25, 0.3) is 0 Å². The van der Waals surface area contributed by atoms with Crippen LogP contribution >= 0.6 is 34.8 Å². The minimum atomic E-state index is -3.89. The van der Waals surface area contributed by atoms with Crippen molar-refractivity contribution in [2.24, 2.45) is 5.16 Å². The highest BCUT2D eigenvalue weighted by atomic mass is 35.6. The minimum Gasteiger partial charge on any atom is -0.371 e. The Bertz CT molecular complexity index is 637. The molecule has 0 aromatic heterocycles. The fraction of sp³-hybridized carbons (Fsp3) is 0.500. The lowest BCUT2D eigenvalue weighted by atomic mass is 9.99. The standard InChI is InChI=1S/C14H17Cl3N2O3S/c15-14(16,17)13(22-18-11-7-3-1-4-8-11)19-23(20,21)12-9-5-2-6-10-12/h2,5-6,9-10,13,19H,1,3-4,7-8H2. The summed E-state index contributed by atoms with van der Waals surface area (Å²) >= 11 is 17.5. The molecule has 1 unspecified atom stereocenters. The number of halogens is 3. The molecule has 5 nitrogen and oxygen atoms in total. The molecule has 0 bridgehead atoms. The summed E-state index contributed by atoms with van der Waals surface area (Å²) in [7, 11) is -3.89. The number of hydrogen-bond acceptors (Lipinski definition) is 4. The third kappa shape index (κ3) is 5.80. The Kier molecular flexibility index (Phi) is 6.57. The molecule has 128 valence electrons. The SMILES string of the molecule is O=S(=O)(NC(ON=C1CCCCC1)C(Cl)(Cl)Cl)c1ccccc1. The van der Waals surface area contributed by atoms with Gasteiger partial charge < -0.3 is 4.84 Å². The van der Waals surface area contributed by atoms with Crippen molar-refractivity contribution in [1.29, 1.82) is 0 Å². The van der Waals surface area contributed by atoms with E-state index in [4.69, 9.17) is 39.6 Å². The molecule has 0 amide bonds. The van der Waals surface area contributed by atoms with E-state index in [0.29, 0.717) is 0 Å². The molecular formula is C14H17Cl3N2O3S. The largest absolute Gasteiger partial charge is 0.371 e. The minimum absolute atomic E-state index is 0.0492. The maximum Gasteiger partial charge on any atom is 0.244 e. The van der Waals surface area contributed by atoms with Crippen molar-refractivity contribution in [3.8, 4) is 0 Å². The molecule has 1 aromatic carbocycles. The second-order valence-electron chi connectivity index (χ2n) is 5.18. The van der Waals surface area contributed by atoms with Gasteiger partial charge in [0, 0.05) is 0 Å². The van der Waals surface area contributed by atoms with Crippen LogP contribution in [0.5, 0.6) is 0 Å². The second-order valence-corrected chi connectivity index (χ2v) is 9.26. The zero-order valence-electron chi connectivity index (χ0n) is 12.2. The molecule has 0 heterocycles. The number of benzene rings is 1. The van der Waals surface area contributed by atoms with Crippen molar-refractivity contribution in [3.05, 3.63) is 30.3 Å². The molecule has 23 heavy (non-hydrogen) atoms. The first-order valence-electron chi connectivity index (χ1n) is 7.15. The zero-order chi connectivity index (χ0) is 16.9. The second kappa shape index (κ2) is 8.03. The van der Waals surface area contributed by atoms with Crippen LogP contribution in [-0.4, -0.2) is 24.1 Å². The first-order valence-corrected chi connectivity index (χ1v) is 9.76. The van der Waals surface area contributed by atoms with Crippen molar-refractivity contribution in [2.75, 3.05) is 0 Å². The molecular weight excluding hydrogens is 383 g/mol. The van der Waals surface area contributed by atoms with Crippen molar-refractivity contribution in [1.82, 2.24) is 4.72 Å². The summed E-state index contributed by atoms with van der Waals surface area (Å²) in [6.45, 7) is 0. The predicted octanol–water partition coefficient (Wildman–Crippen LogP) is 4.00. The molecule has 1 atom stereocenters. The van der Waals surface area contributed by atoms with E-state index in [1.54, 1.807) is 18.2 Å². The van der Waals surface area contributed by atoms with Gasteiger partial charge in [0.2, 0.25) is 20.0 Å². The van der Waals surface area contributed by atoms with Crippen molar-refractivity contribution in [2.45, 2.75) is 47.0 Å². The van der Waals surface area contributed by atoms with Crippen LogP contribution in [0.1, 0.15) is 32.1 Å². The van der Waals surface area contributed by atoms with Crippen LogP contribution in [0.3, 0.4) is 0 Å². The van der Waals surface area contributed by atoms with Gasteiger partial charge in [0.1, 0.15) is 0 Å². The molecule has 1 saturated carbocycles. The molecule has 1 N–H and O–H groups in total. The summed E-state index contributed by atoms with van der Waals surface area (Å²) in [6.07, 6.45) is 3.38. The lowest BCUT2D eigenvalue weighted by molar-refractivity contribution is 0.0528. The lowest BCUT2D eigenvalue weighted by Crippen LogP contribution is -2.44. The van der Waals surface area contributed by atoms with E-state index in [-0.39, 0.29) is 4.90 Å². The Labute approximate surface area is 151 Å². The average Bonchev–Trinajstić information content (AvgIpc) is 2.52. The molecule has 9 heteroatoms. The first-order chi connectivity index (χ1) is 10.8. The first kappa shape index (κ1) is 18.8. The summed E-state index contributed by atoms with van der Waals surface area (Å²) in [6, 6.07) is 7.77. The van der Waals surface area contributed by atoms with Crippen molar-refractivity contribution < 1.29 is 13.3 Å². The summed E-state index contributed by atoms with van der Waals surface area (Å²) in [5.41, 5.74) is 0.842. The highest BCUT2D eigenvalue weighted by Gasteiger charge is 2.39. The van der Waals surface area contributed by atoms with E-state index in [1.807, 2.05) is 0 Å². The van der Waals surface area contributed by atoms with Crippen LogP contribution in [0.25, 0.3) is 0 Å².